The van der Waals surface area contributed by atoms with Gasteiger partial charge >= 0.3 is 5.97 Å². The lowest BCUT2D eigenvalue weighted by atomic mass is 10.1. The largest absolute Gasteiger partial charge is 0.493 e. The number of hydrogen-bond donors (Lipinski definition) is 1. The minimum Gasteiger partial charge on any atom is -0.493 e. The summed E-state index contributed by atoms with van der Waals surface area (Å²) >= 11 is 1.07. The van der Waals surface area contributed by atoms with Gasteiger partial charge < -0.3 is 14.6 Å². The van der Waals surface area contributed by atoms with Gasteiger partial charge in [-0.15, -0.1) is 0 Å². The molecule has 166 valence electrons. The van der Waals surface area contributed by atoms with E-state index in [2.05, 4.69) is 4.99 Å². The van der Waals surface area contributed by atoms with E-state index in [0.29, 0.717) is 23.1 Å². The summed E-state index contributed by atoms with van der Waals surface area (Å²) < 4.78 is 10.4. The highest BCUT2D eigenvalue weighted by atomic mass is 32.2. The Labute approximate surface area is 187 Å². The number of nitro benzene ring substituents is 1. The van der Waals surface area contributed by atoms with Gasteiger partial charge in [0.1, 0.15) is 0 Å². The van der Waals surface area contributed by atoms with Crippen molar-refractivity contribution in [3.8, 4) is 11.5 Å². The van der Waals surface area contributed by atoms with Crippen LogP contribution in [0.5, 0.6) is 11.5 Å². The fourth-order valence-corrected chi connectivity index (χ4v) is 4.01. The number of aromatic carboxylic acids is 1. The summed E-state index contributed by atoms with van der Waals surface area (Å²) in [6.07, 6.45) is 1.42. The second-order valence-electron chi connectivity index (χ2n) is 6.43. The molecule has 3 rings (SSSR count). The number of likely N-dealkylation sites (N-methyl/N-ethyl adjacent to an activating group) is 1. The number of amides is 1. The summed E-state index contributed by atoms with van der Waals surface area (Å²) in [5.74, 6) is -0.900. The zero-order chi connectivity index (χ0) is 23.4. The molecule has 0 radical (unpaired) electrons. The Hall–Kier alpha value is -3.86. The molecule has 10 nitrogen and oxygen atoms in total. The van der Waals surface area contributed by atoms with Crippen molar-refractivity contribution in [2.75, 3.05) is 20.8 Å². The smallest absolute Gasteiger partial charge is 0.335 e. The fraction of sp³-hybridized carbons (Fsp3) is 0.190. The van der Waals surface area contributed by atoms with Gasteiger partial charge in [-0.1, -0.05) is 0 Å². The molecule has 2 aromatic carbocycles. The molecule has 2 aromatic rings. The van der Waals surface area contributed by atoms with Crippen molar-refractivity contribution >= 4 is 46.3 Å². The van der Waals surface area contributed by atoms with Crippen LogP contribution in [-0.4, -0.2) is 52.7 Å². The fourth-order valence-electron chi connectivity index (χ4n) is 2.96. The summed E-state index contributed by atoms with van der Waals surface area (Å²) in [7, 11) is 2.79. The van der Waals surface area contributed by atoms with Gasteiger partial charge in [0.25, 0.3) is 11.6 Å². The number of carboxylic acid groups (broad SMARTS) is 1. The molecule has 0 atom stereocenters. The predicted molar refractivity (Wildman–Crippen MR) is 120 cm³/mol. The number of thioether (sulfide) groups is 1. The van der Waals surface area contributed by atoms with Crippen molar-refractivity contribution in [2.24, 2.45) is 4.99 Å². The third-order valence-electron chi connectivity index (χ3n) is 4.56. The van der Waals surface area contributed by atoms with Crippen molar-refractivity contribution in [2.45, 2.75) is 6.92 Å². The molecule has 32 heavy (non-hydrogen) atoms. The average Bonchev–Trinajstić information content (AvgIpc) is 3.07. The van der Waals surface area contributed by atoms with Gasteiger partial charge in [-0.05, 0) is 55.1 Å². The molecule has 0 bridgehead atoms. The van der Waals surface area contributed by atoms with Crippen LogP contribution in [0.25, 0.3) is 6.08 Å². The first-order chi connectivity index (χ1) is 15.3. The van der Waals surface area contributed by atoms with Gasteiger partial charge in [0, 0.05) is 6.54 Å². The number of rotatable bonds is 7. The van der Waals surface area contributed by atoms with Crippen LogP contribution < -0.4 is 9.47 Å². The number of carbonyl (C=O) groups excluding carboxylic acids is 1. The van der Waals surface area contributed by atoms with Crippen LogP contribution in [0, 0.1) is 10.1 Å². The summed E-state index contributed by atoms with van der Waals surface area (Å²) in [6, 6.07) is 8.60. The van der Waals surface area contributed by atoms with Crippen LogP contribution in [0.15, 0.2) is 46.3 Å². The van der Waals surface area contributed by atoms with Crippen molar-refractivity contribution < 1.29 is 29.1 Å². The van der Waals surface area contributed by atoms with Crippen molar-refractivity contribution in [1.29, 1.82) is 0 Å². The maximum absolute atomic E-state index is 12.9. The molecule has 0 aromatic heterocycles. The molecule has 0 aliphatic carbocycles. The molecule has 1 aliphatic heterocycles. The second-order valence-corrected chi connectivity index (χ2v) is 7.44. The molecule has 1 amide bonds. The van der Waals surface area contributed by atoms with Gasteiger partial charge in [0.15, 0.2) is 16.7 Å². The molecule has 1 heterocycles. The van der Waals surface area contributed by atoms with E-state index in [1.54, 1.807) is 6.92 Å². The van der Waals surface area contributed by atoms with Crippen LogP contribution in [0.1, 0.15) is 22.8 Å². The number of benzene rings is 2. The number of methoxy groups -OCH3 is 2. The summed E-state index contributed by atoms with van der Waals surface area (Å²) in [5, 5.41) is 21.0. The first-order valence-corrected chi connectivity index (χ1v) is 10.1. The van der Waals surface area contributed by atoms with E-state index >= 15 is 0 Å². The van der Waals surface area contributed by atoms with Crippen LogP contribution in [0.2, 0.25) is 0 Å². The Morgan fingerprint density at radius 2 is 1.84 bits per heavy atom. The topological polar surface area (TPSA) is 132 Å². The van der Waals surface area contributed by atoms with Gasteiger partial charge in [-0.3, -0.25) is 19.8 Å². The standard InChI is InChI=1S/C21H19N3O7S/c1-4-23-19(25)18(32-21(23)22-14-7-5-12(6-8-14)20(26)27)10-13-9-16(30-2)17(31-3)11-15(13)24(28)29/h5-11H,4H2,1-3H3,(H,26,27)/b18-10-,22-21?. The van der Waals surface area contributed by atoms with E-state index in [1.165, 1.54) is 61.6 Å². The van der Waals surface area contributed by atoms with Gasteiger partial charge in [-0.2, -0.15) is 0 Å². The molecule has 0 unspecified atom stereocenters. The lowest BCUT2D eigenvalue weighted by Crippen LogP contribution is -2.28. The molecule has 1 N–H and O–H groups in total. The van der Waals surface area contributed by atoms with Crippen LogP contribution in [0.3, 0.4) is 0 Å². The van der Waals surface area contributed by atoms with Crippen molar-refractivity contribution in [3.63, 3.8) is 0 Å². The lowest BCUT2D eigenvalue weighted by Gasteiger charge is -2.12. The number of hydrogen-bond acceptors (Lipinski definition) is 8. The number of nitrogens with zero attached hydrogens (tertiary/aromatic N) is 3. The third kappa shape index (κ3) is 4.57. The maximum atomic E-state index is 12.9. The summed E-state index contributed by atoms with van der Waals surface area (Å²) in [6.45, 7) is 2.12. The molecular weight excluding hydrogens is 438 g/mol. The summed E-state index contributed by atoms with van der Waals surface area (Å²) in [5.41, 5.74) is 0.549. The summed E-state index contributed by atoms with van der Waals surface area (Å²) in [4.78, 5) is 41.0. The van der Waals surface area contributed by atoms with E-state index in [4.69, 9.17) is 14.6 Å². The highest BCUT2D eigenvalue weighted by Crippen LogP contribution is 2.39. The van der Waals surface area contributed by atoms with Crippen LogP contribution in [0.4, 0.5) is 11.4 Å². The average molecular weight is 457 g/mol. The Morgan fingerprint density at radius 1 is 1.22 bits per heavy atom. The third-order valence-corrected chi connectivity index (χ3v) is 5.57. The van der Waals surface area contributed by atoms with E-state index in [1.807, 2.05) is 0 Å². The molecule has 1 saturated heterocycles. The number of carbonyl (C=O) groups is 2. The molecule has 1 fully saturated rings. The Balaban J connectivity index is 2.01. The van der Waals surface area contributed by atoms with E-state index in [-0.39, 0.29) is 33.4 Å². The Kier molecular flexibility index (Phi) is 6.79. The number of carboxylic acids is 1. The zero-order valence-corrected chi connectivity index (χ0v) is 18.2. The minimum atomic E-state index is -1.05. The first-order valence-electron chi connectivity index (χ1n) is 9.32. The normalized spacial score (nSPS) is 16.0. The van der Waals surface area contributed by atoms with Crippen LogP contribution in [-0.2, 0) is 4.79 Å². The number of ether oxygens (including phenoxy) is 2. The van der Waals surface area contributed by atoms with E-state index in [0.717, 1.165) is 11.8 Å². The minimum absolute atomic E-state index is 0.123. The highest BCUT2D eigenvalue weighted by molar-refractivity contribution is 8.18. The molecule has 0 spiro atoms. The maximum Gasteiger partial charge on any atom is 0.335 e. The molecular formula is C21H19N3O7S. The SMILES string of the molecule is CCN1C(=O)/C(=C/c2cc(OC)c(OC)cc2[N+](=O)[O-])SC1=Nc1ccc(C(=O)O)cc1. The zero-order valence-electron chi connectivity index (χ0n) is 17.4. The molecule has 0 saturated carbocycles. The predicted octanol–water partition coefficient (Wildman–Crippen LogP) is 3.93. The molecule has 11 heteroatoms. The van der Waals surface area contributed by atoms with Crippen molar-refractivity contribution in [1.82, 2.24) is 4.90 Å². The number of nitro groups is 1. The number of amidine groups is 1. The van der Waals surface area contributed by atoms with E-state index < -0.39 is 10.9 Å². The quantitative estimate of drug-likeness (QED) is 0.376. The second kappa shape index (κ2) is 9.52. The lowest BCUT2D eigenvalue weighted by molar-refractivity contribution is -0.385. The highest BCUT2D eigenvalue weighted by Gasteiger charge is 2.33. The number of aliphatic imine (C=N–C) groups is 1. The van der Waals surface area contributed by atoms with E-state index in [9.17, 15) is 19.7 Å². The van der Waals surface area contributed by atoms with Gasteiger partial charge in [0.2, 0.25) is 0 Å². The molecule has 1 aliphatic rings. The van der Waals surface area contributed by atoms with Crippen molar-refractivity contribution in [3.05, 3.63) is 62.5 Å². The van der Waals surface area contributed by atoms with Gasteiger partial charge in [-0.25, -0.2) is 9.79 Å². The Bertz CT molecular complexity index is 1140. The van der Waals surface area contributed by atoms with Gasteiger partial charge in [0.05, 0.1) is 46.9 Å². The Morgan fingerprint density at radius 3 is 2.38 bits per heavy atom. The van der Waals surface area contributed by atoms with Crippen LogP contribution >= 0.6 is 11.8 Å². The monoisotopic (exact) mass is 457 g/mol. The first kappa shape index (κ1) is 22.8.